The maximum atomic E-state index is 12.7. The molecule has 0 fully saturated rings. The lowest BCUT2D eigenvalue weighted by molar-refractivity contribution is -0.137. The highest BCUT2D eigenvalue weighted by atomic mass is 16.5. The number of nitrogens with zero attached hydrogens (tertiary/aromatic N) is 3. The van der Waals surface area contributed by atoms with Crippen molar-refractivity contribution in [2.24, 2.45) is 13.0 Å². The largest absolute Gasteiger partial charge is 0.484 e. The molecule has 7 heteroatoms. The lowest BCUT2D eigenvalue weighted by Crippen LogP contribution is -2.51. The SMILES string of the molecule is CC(C)C(NC(=O)COc1ccccc1)C(=O)N(C)Cc1cnn(C)c1. The van der Waals surface area contributed by atoms with Gasteiger partial charge in [0.2, 0.25) is 5.91 Å². The van der Waals surface area contributed by atoms with Gasteiger partial charge in [0.25, 0.3) is 5.91 Å². The second kappa shape index (κ2) is 9.03. The molecule has 1 atom stereocenters. The molecular weight excluding hydrogens is 332 g/mol. The minimum absolute atomic E-state index is 0.0421. The summed E-state index contributed by atoms with van der Waals surface area (Å²) in [5, 5.41) is 6.89. The molecule has 2 amide bonds. The number of hydrogen-bond donors (Lipinski definition) is 1. The van der Waals surface area contributed by atoms with E-state index in [4.69, 9.17) is 4.74 Å². The Bertz CT molecular complexity index is 727. The molecule has 0 spiro atoms. The van der Waals surface area contributed by atoms with Crippen molar-refractivity contribution in [2.45, 2.75) is 26.4 Å². The van der Waals surface area contributed by atoms with E-state index in [9.17, 15) is 9.59 Å². The summed E-state index contributed by atoms with van der Waals surface area (Å²) in [4.78, 5) is 26.5. The molecule has 0 saturated heterocycles. The van der Waals surface area contributed by atoms with Gasteiger partial charge in [-0.3, -0.25) is 14.3 Å². The average molecular weight is 358 g/mol. The van der Waals surface area contributed by atoms with E-state index in [2.05, 4.69) is 10.4 Å². The molecular formula is C19H26N4O3. The first-order valence-corrected chi connectivity index (χ1v) is 8.56. The van der Waals surface area contributed by atoms with Gasteiger partial charge in [0, 0.05) is 32.4 Å². The van der Waals surface area contributed by atoms with Crippen LogP contribution in [0, 0.1) is 5.92 Å². The first-order valence-electron chi connectivity index (χ1n) is 8.56. The topological polar surface area (TPSA) is 76.5 Å². The zero-order valence-corrected chi connectivity index (χ0v) is 15.7. The Labute approximate surface area is 153 Å². The highest BCUT2D eigenvalue weighted by molar-refractivity contribution is 5.88. The molecule has 1 aromatic heterocycles. The molecule has 26 heavy (non-hydrogen) atoms. The highest BCUT2D eigenvalue weighted by Gasteiger charge is 2.27. The van der Waals surface area contributed by atoms with Crippen LogP contribution in [-0.2, 0) is 23.2 Å². The summed E-state index contributed by atoms with van der Waals surface area (Å²) in [5.74, 6) is 0.107. The van der Waals surface area contributed by atoms with Gasteiger partial charge in [-0.15, -0.1) is 0 Å². The molecule has 0 radical (unpaired) electrons. The lowest BCUT2D eigenvalue weighted by atomic mass is 10.0. The molecule has 1 heterocycles. The molecule has 7 nitrogen and oxygen atoms in total. The predicted molar refractivity (Wildman–Crippen MR) is 98.4 cm³/mol. The van der Waals surface area contributed by atoms with E-state index in [-0.39, 0.29) is 24.3 Å². The van der Waals surface area contributed by atoms with Crippen LogP contribution >= 0.6 is 0 Å². The van der Waals surface area contributed by atoms with Crippen molar-refractivity contribution in [1.82, 2.24) is 20.0 Å². The van der Waals surface area contributed by atoms with Crippen molar-refractivity contribution in [3.05, 3.63) is 48.3 Å². The van der Waals surface area contributed by atoms with Crippen LogP contribution in [0.25, 0.3) is 0 Å². The molecule has 0 aliphatic rings. The van der Waals surface area contributed by atoms with Gasteiger partial charge < -0.3 is 15.0 Å². The second-order valence-electron chi connectivity index (χ2n) is 6.61. The second-order valence-corrected chi connectivity index (χ2v) is 6.61. The third kappa shape index (κ3) is 5.61. The number of aromatic nitrogens is 2. The van der Waals surface area contributed by atoms with E-state index in [0.29, 0.717) is 12.3 Å². The molecule has 1 N–H and O–H groups in total. The van der Waals surface area contributed by atoms with Gasteiger partial charge in [-0.05, 0) is 18.1 Å². The molecule has 2 rings (SSSR count). The Morgan fingerprint density at radius 2 is 1.96 bits per heavy atom. The monoisotopic (exact) mass is 358 g/mol. The number of hydrogen-bond acceptors (Lipinski definition) is 4. The summed E-state index contributed by atoms with van der Waals surface area (Å²) in [7, 11) is 3.55. The van der Waals surface area contributed by atoms with Crippen molar-refractivity contribution in [2.75, 3.05) is 13.7 Å². The summed E-state index contributed by atoms with van der Waals surface area (Å²) in [6, 6.07) is 8.49. The third-order valence-corrected chi connectivity index (χ3v) is 3.92. The van der Waals surface area contributed by atoms with Gasteiger partial charge in [0.1, 0.15) is 11.8 Å². The van der Waals surface area contributed by atoms with Crippen LogP contribution in [0.15, 0.2) is 42.7 Å². The van der Waals surface area contributed by atoms with Crippen molar-refractivity contribution >= 4 is 11.8 Å². The third-order valence-electron chi connectivity index (χ3n) is 3.92. The fourth-order valence-corrected chi connectivity index (χ4v) is 2.54. The number of aryl methyl sites for hydroxylation is 1. The van der Waals surface area contributed by atoms with Gasteiger partial charge in [0.05, 0.1) is 6.20 Å². The number of amides is 2. The average Bonchev–Trinajstić information content (AvgIpc) is 3.02. The first kappa shape index (κ1) is 19.5. The van der Waals surface area contributed by atoms with Crippen LogP contribution < -0.4 is 10.1 Å². The molecule has 0 aliphatic heterocycles. The summed E-state index contributed by atoms with van der Waals surface area (Å²) < 4.78 is 7.13. The van der Waals surface area contributed by atoms with Gasteiger partial charge in [0.15, 0.2) is 6.61 Å². The number of rotatable bonds is 8. The van der Waals surface area contributed by atoms with Crippen molar-refractivity contribution in [3.8, 4) is 5.75 Å². The predicted octanol–water partition coefficient (Wildman–Crippen LogP) is 1.60. The summed E-state index contributed by atoms with van der Waals surface area (Å²) in [5.41, 5.74) is 0.935. The molecule has 0 saturated carbocycles. The minimum Gasteiger partial charge on any atom is -0.484 e. The Kier molecular flexibility index (Phi) is 6.77. The van der Waals surface area contributed by atoms with Crippen LogP contribution in [0.1, 0.15) is 19.4 Å². The number of carbonyl (C=O) groups excluding carboxylic acids is 2. The number of likely N-dealkylation sites (N-methyl/N-ethyl adjacent to an activating group) is 1. The van der Waals surface area contributed by atoms with Crippen LogP contribution in [-0.4, -0.2) is 46.2 Å². The minimum atomic E-state index is -0.608. The van der Waals surface area contributed by atoms with Crippen LogP contribution in [0.2, 0.25) is 0 Å². The van der Waals surface area contributed by atoms with Crippen LogP contribution in [0.4, 0.5) is 0 Å². The number of carbonyl (C=O) groups is 2. The number of para-hydroxylation sites is 1. The normalized spacial score (nSPS) is 11.9. The summed E-state index contributed by atoms with van der Waals surface area (Å²) in [6.45, 7) is 4.11. The molecule has 0 bridgehead atoms. The maximum absolute atomic E-state index is 12.7. The first-order chi connectivity index (χ1) is 12.4. The maximum Gasteiger partial charge on any atom is 0.258 e. The highest BCUT2D eigenvalue weighted by Crippen LogP contribution is 2.10. The number of benzene rings is 1. The molecule has 1 unspecified atom stereocenters. The molecule has 140 valence electrons. The fourth-order valence-electron chi connectivity index (χ4n) is 2.54. The van der Waals surface area contributed by atoms with E-state index in [1.165, 1.54) is 0 Å². The van der Waals surface area contributed by atoms with Crippen molar-refractivity contribution in [1.29, 1.82) is 0 Å². The van der Waals surface area contributed by atoms with Gasteiger partial charge in [-0.2, -0.15) is 5.10 Å². The van der Waals surface area contributed by atoms with E-state index in [1.54, 1.807) is 35.0 Å². The van der Waals surface area contributed by atoms with E-state index in [0.717, 1.165) is 5.56 Å². The Morgan fingerprint density at radius 1 is 1.27 bits per heavy atom. The van der Waals surface area contributed by atoms with Gasteiger partial charge in [-0.25, -0.2) is 0 Å². The Morgan fingerprint density at radius 3 is 2.54 bits per heavy atom. The smallest absolute Gasteiger partial charge is 0.258 e. The van der Waals surface area contributed by atoms with E-state index in [1.807, 2.05) is 45.3 Å². The van der Waals surface area contributed by atoms with Crippen LogP contribution in [0.5, 0.6) is 5.75 Å². The van der Waals surface area contributed by atoms with Crippen LogP contribution in [0.3, 0.4) is 0 Å². The molecule has 1 aromatic carbocycles. The zero-order valence-electron chi connectivity index (χ0n) is 15.7. The van der Waals surface area contributed by atoms with Gasteiger partial charge in [-0.1, -0.05) is 32.0 Å². The summed E-state index contributed by atoms with van der Waals surface area (Å²) >= 11 is 0. The quantitative estimate of drug-likeness (QED) is 0.778. The Hall–Kier alpha value is -2.83. The fraction of sp³-hybridized carbons (Fsp3) is 0.421. The standard InChI is InChI=1S/C19H26N4O3/c1-14(2)18(19(25)22(3)11-15-10-20-23(4)12-15)21-17(24)13-26-16-8-6-5-7-9-16/h5-10,12,14,18H,11,13H2,1-4H3,(H,21,24). The molecule has 2 aromatic rings. The number of ether oxygens (including phenoxy) is 1. The zero-order chi connectivity index (χ0) is 19.1. The lowest BCUT2D eigenvalue weighted by Gasteiger charge is -2.26. The van der Waals surface area contributed by atoms with E-state index < -0.39 is 6.04 Å². The molecule has 0 aliphatic carbocycles. The number of nitrogens with one attached hydrogen (secondary N) is 1. The Balaban J connectivity index is 1.91. The van der Waals surface area contributed by atoms with Crippen molar-refractivity contribution in [3.63, 3.8) is 0 Å². The van der Waals surface area contributed by atoms with Crippen molar-refractivity contribution < 1.29 is 14.3 Å². The van der Waals surface area contributed by atoms with E-state index >= 15 is 0 Å². The van der Waals surface area contributed by atoms with Gasteiger partial charge >= 0.3 is 0 Å². The summed E-state index contributed by atoms with van der Waals surface area (Å²) in [6.07, 6.45) is 3.58.